The van der Waals surface area contributed by atoms with Crippen LogP contribution in [-0.4, -0.2) is 30.8 Å². The average Bonchev–Trinajstić information content (AvgIpc) is 2.79. The Morgan fingerprint density at radius 1 is 1.06 bits per heavy atom. The number of methoxy groups -OCH3 is 1. The molecule has 1 heterocycles. The fraction of sp³-hybridized carbons (Fsp3) is 0.333. The molecule has 0 saturated carbocycles. The van der Waals surface area contributed by atoms with Gasteiger partial charge in [0.25, 0.3) is 5.91 Å². The molecule has 4 N–H and O–H groups in total. The third-order valence-electron chi connectivity index (χ3n) is 5.10. The molecule has 0 aliphatic carbocycles. The summed E-state index contributed by atoms with van der Waals surface area (Å²) >= 11 is 0. The number of halogens is 3. The van der Waals surface area contributed by atoms with E-state index in [1.54, 1.807) is 7.11 Å². The van der Waals surface area contributed by atoms with Gasteiger partial charge in [-0.25, -0.2) is 10.8 Å². The predicted octanol–water partition coefficient (Wildman–Crippen LogP) is 4.70. The van der Waals surface area contributed by atoms with E-state index in [4.69, 9.17) is 15.3 Å². The molecule has 0 unspecified atom stereocenters. The third-order valence-corrected chi connectivity index (χ3v) is 5.10. The molecule has 7 nitrogen and oxygen atoms in total. The normalized spacial score (nSPS) is 11.9. The van der Waals surface area contributed by atoms with Crippen molar-refractivity contribution in [2.24, 2.45) is 5.84 Å². The smallest absolute Gasteiger partial charge is 0.422 e. The summed E-state index contributed by atoms with van der Waals surface area (Å²) in [5.74, 6) is 5.49. The number of hydrazine groups is 1. The van der Waals surface area contributed by atoms with Gasteiger partial charge in [0.15, 0.2) is 6.61 Å². The predicted molar refractivity (Wildman–Crippen MR) is 124 cm³/mol. The van der Waals surface area contributed by atoms with E-state index in [1.807, 2.05) is 45.0 Å². The van der Waals surface area contributed by atoms with E-state index in [9.17, 15) is 18.0 Å². The maximum Gasteiger partial charge on any atom is 0.422 e. The Morgan fingerprint density at radius 3 is 2.29 bits per heavy atom. The molecule has 0 saturated heterocycles. The zero-order valence-electron chi connectivity index (χ0n) is 19.3. The van der Waals surface area contributed by atoms with Crippen LogP contribution in [0, 0.1) is 0 Å². The van der Waals surface area contributed by atoms with Crippen molar-refractivity contribution in [1.82, 2.24) is 10.4 Å². The maximum atomic E-state index is 12.8. The summed E-state index contributed by atoms with van der Waals surface area (Å²) in [5, 5.41) is 3.78. The lowest BCUT2D eigenvalue weighted by Gasteiger charge is -2.24. The van der Waals surface area contributed by atoms with E-state index < -0.39 is 24.1 Å². The molecule has 0 bridgehead atoms. The molecule has 10 heteroatoms. The minimum absolute atomic E-state index is 0.0556. The second-order valence-corrected chi connectivity index (χ2v) is 8.75. The third kappa shape index (κ3) is 6.07. The number of nitrogens with zero attached hydrogens (tertiary/aromatic N) is 1. The van der Waals surface area contributed by atoms with Crippen LogP contribution in [0.3, 0.4) is 0 Å². The summed E-state index contributed by atoms with van der Waals surface area (Å²) < 4.78 is 48.6. The Bertz CT molecular complexity index is 1170. The Kier molecular flexibility index (Phi) is 7.21. The van der Waals surface area contributed by atoms with E-state index in [0.717, 1.165) is 5.56 Å². The number of carbonyl (C=O) groups excluding carboxylic acids is 1. The maximum absolute atomic E-state index is 12.8. The van der Waals surface area contributed by atoms with Crippen LogP contribution in [-0.2, 0) is 12.0 Å². The number of nitrogens with two attached hydrogens (primary N) is 1. The van der Waals surface area contributed by atoms with Gasteiger partial charge in [-0.1, -0.05) is 32.9 Å². The first kappa shape index (κ1) is 25.1. The summed E-state index contributed by atoms with van der Waals surface area (Å²) in [4.78, 5) is 16.8. The van der Waals surface area contributed by atoms with E-state index in [0.29, 0.717) is 34.4 Å². The van der Waals surface area contributed by atoms with Crippen LogP contribution in [0.25, 0.3) is 10.9 Å². The van der Waals surface area contributed by atoms with Gasteiger partial charge in [-0.2, -0.15) is 13.2 Å². The largest absolute Gasteiger partial charge is 0.497 e. The second-order valence-electron chi connectivity index (χ2n) is 8.75. The zero-order valence-corrected chi connectivity index (χ0v) is 19.3. The highest BCUT2D eigenvalue weighted by atomic mass is 19.4. The zero-order chi connectivity index (χ0) is 25.1. The van der Waals surface area contributed by atoms with Crippen molar-refractivity contribution in [3.63, 3.8) is 0 Å². The number of nitrogen functional groups attached to an aromatic ring is 1. The van der Waals surface area contributed by atoms with E-state index in [1.165, 1.54) is 18.2 Å². The number of nitrogens with one attached hydrogen (secondary N) is 2. The molecule has 182 valence electrons. The number of amides is 1. The van der Waals surface area contributed by atoms with Gasteiger partial charge in [-0.15, -0.1) is 0 Å². The number of ether oxygens (including phenoxy) is 2. The lowest BCUT2D eigenvalue weighted by Crippen LogP contribution is -2.31. The van der Waals surface area contributed by atoms with Crippen molar-refractivity contribution >= 4 is 22.5 Å². The van der Waals surface area contributed by atoms with E-state index in [2.05, 4.69) is 15.7 Å². The molecule has 0 aliphatic heterocycles. The highest BCUT2D eigenvalue weighted by Crippen LogP contribution is 2.37. The molecule has 1 amide bonds. The van der Waals surface area contributed by atoms with Crippen LogP contribution in [0.5, 0.6) is 11.5 Å². The lowest BCUT2D eigenvalue weighted by atomic mass is 9.85. The summed E-state index contributed by atoms with van der Waals surface area (Å²) in [6, 6.07) is 11.9. The van der Waals surface area contributed by atoms with Crippen LogP contribution >= 0.6 is 0 Å². The Hall–Kier alpha value is -3.53. The molecule has 0 fully saturated rings. The van der Waals surface area contributed by atoms with Gasteiger partial charge in [-0.3, -0.25) is 10.2 Å². The van der Waals surface area contributed by atoms with Gasteiger partial charge >= 0.3 is 6.18 Å². The number of carbonyl (C=O) groups is 1. The number of anilines is 1. The molecule has 0 atom stereocenters. The van der Waals surface area contributed by atoms with Gasteiger partial charge in [0, 0.05) is 17.6 Å². The van der Waals surface area contributed by atoms with Crippen LogP contribution in [0.15, 0.2) is 42.5 Å². The molecular weight excluding hydrogens is 449 g/mol. The number of fused-ring (bicyclic) bond motifs is 1. The van der Waals surface area contributed by atoms with Crippen LogP contribution in [0.2, 0.25) is 0 Å². The van der Waals surface area contributed by atoms with Crippen molar-refractivity contribution in [3.05, 3.63) is 59.3 Å². The minimum atomic E-state index is -4.48. The van der Waals surface area contributed by atoms with Gasteiger partial charge in [0.1, 0.15) is 17.2 Å². The number of hydrogen-bond donors (Lipinski definition) is 3. The van der Waals surface area contributed by atoms with Gasteiger partial charge in [-0.05, 0) is 46.9 Å². The van der Waals surface area contributed by atoms with E-state index in [-0.39, 0.29) is 11.4 Å². The highest BCUT2D eigenvalue weighted by Gasteiger charge is 2.29. The number of benzene rings is 2. The second kappa shape index (κ2) is 9.76. The molecule has 3 aromatic rings. The molecule has 0 aliphatic rings. The number of pyridine rings is 1. The fourth-order valence-electron chi connectivity index (χ4n) is 3.40. The van der Waals surface area contributed by atoms with Crippen molar-refractivity contribution in [3.8, 4) is 11.5 Å². The monoisotopic (exact) mass is 476 g/mol. The first-order valence-electron chi connectivity index (χ1n) is 10.5. The lowest BCUT2D eigenvalue weighted by molar-refractivity contribution is -0.153. The molecule has 0 spiro atoms. The van der Waals surface area contributed by atoms with Crippen molar-refractivity contribution in [2.45, 2.75) is 38.9 Å². The minimum Gasteiger partial charge on any atom is -0.497 e. The molecule has 3 rings (SSSR count). The summed E-state index contributed by atoms with van der Waals surface area (Å²) in [6.45, 7) is 4.66. The topological polar surface area (TPSA) is 98.5 Å². The van der Waals surface area contributed by atoms with Crippen molar-refractivity contribution in [1.29, 1.82) is 0 Å². The number of rotatable bonds is 7. The van der Waals surface area contributed by atoms with E-state index >= 15 is 0 Å². The quantitative estimate of drug-likeness (QED) is 0.260. The van der Waals surface area contributed by atoms with Crippen LogP contribution in [0.1, 0.15) is 42.4 Å². The summed E-state index contributed by atoms with van der Waals surface area (Å²) in [6.07, 6.45) is -4.48. The first-order valence-corrected chi connectivity index (χ1v) is 10.5. The van der Waals surface area contributed by atoms with Crippen LogP contribution in [0.4, 0.5) is 18.9 Å². The summed E-state index contributed by atoms with van der Waals surface area (Å²) in [7, 11) is 1.58. The Balaban J connectivity index is 2.13. The molecule has 1 aromatic heterocycles. The van der Waals surface area contributed by atoms with Crippen LogP contribution < -0.4 is 26.1 Å². The van der Waals surface area contributed by atoms with Gasteiger partial charge in [0.05, 0.1) is 12.6 Å². The molecule has 34 heavy (non-hydrogen) atoms. The Morgan fingerprint density at radius 2 is 1.74 bits per heavy atom. The van der Waals surface area contributed by atoms with Crippen molar-refractivity contribution in [2.75, 3.05) is 19.0 Å². The average molecular weight is 476 g/mol. The van der Waals surface area contributed by atoms with Gasteiger partial charge in [0.2, 0.25) is 0 Å². The molecule has 2 aromatic carbocycles. The number of alkyl halides is 3. The molecule has 0 radical (unpaired) electrons. The fourth-order valence-corrected chi connectivity index (χ4v) is 3.40. The van der Waals surface area contributed by atoms with Gasteiger partial charge < -0.3 is 14.8 Å². The van der Waals surface area contributed by atoms with Crippen molar-refractivity contribution < 1.29 is 27.4 Å². The highest BCUT2D eigenvalue weighted by molar-refractivity contribution is 6.01. The Labute approximate surface area is 195 Å². The first-order chi connectivity index (χ1) is 15.9. The standard InChI is InChI=1S/C24H27F3N4O3/c1-23(2,3)18-10-16(34-13-24(25,26)27)9-17-19(11-20(22(32)31-28)30-21(17)18)29-12-14-5-7-15(33-4)8-6-14/h5-11H,12-13,28H2,1-4H3,(H,29,30)(H,31,32). The number of hydrogen-bond acceptors (Lipinski definition) is 6. The molecular formula is C24H27F3N4O3. The summed E-state index contributed by atoms with van der Waals surface area (Å²) in [5.41, 5.74) is 4.16. The SMILES string of the molecule is COc1ccc(CNc2cc(C(=O)NN)nc3c(C(C)(C)C)cc(OCC(F)(F)F)cc23)cc1. The number of aromatic nitrogens is 1.